The third kappa shape index (κ3) is 5.42. The molecule has 32 heavy (non-hydrogen) atoms. The maximum absolute atomic E-state index is 12.8. The molecule has 11 heteroatoms. The van der Waals surface area contributed by atoms with Crippen molar-refractivity contribution in [3.63, 3.8) is 0 Å². The molecule has 8 nitrogen and oxygen atoms in total. The molecule has 3 rings (SSSR count). The molecule has 0 aromatic heterocycles. The number of carbonyl (C=O) groups is 3. The molecule has 168 valence electrons. The Bertz CT molecular complexity index is 1070. The van der Waals surface area contributed by atoms with Crippen LogP contribution in [-0.4, -0.2) is 42.3 Å². The first kappa shape index (κ1) is 22.8. The molecular weight excluding hydrogens is 427 g/mol. The molecule has 0 radical (unpaired) electrons. The number of amides is 3. The molecule has 1 aliphatic rings. The van der Waals surface area contributed by atoms with E-state index in [1.807, 2.05) is 0 Å². The van der Waals surface area contributed by atoms with Crippen LogP contribution in [0.4, 0.5) is 24.5 Å². The van der Waals surface area contributed by atoms with E-state index in [2.05, 4.69) is 15.7 Å². The van der Waals surface area contributed by atoms with Gasteiger partial charge in [0.15, 0.2) is 0 Å². The van der Waals surface area contributed by atoms with E-state index < -0.39 is 30.6 Å². The number of aliphatic imine (C=N–C) groups is 1. The minimum atomic E-state index is -4.54. The molecule has 3 N–H and O–H groups in total. The number of nitrogens with zero attached hydrogens (tertiary/aromatic N) is 2. The molecule has 1 aliphatic heterocycles. The Morgan fingerprint density at radius 3 is 2.47 bits per heavy atom. The molecule has 0 aliphatic carbocycles. The summed E-state index contributed by atoms with van der Waals surface area (Å²) in [7, 11) is 0. The number of aryl methyl sites for hydroxylation is 1. The number of hydrogen-bond donors (Lipinski definition) is 3. The van der Waals surface area contributed by atoms with E-state index >= 15 is 0 Å². The van der Waals surface area contributed by atoms with Crippen LogP contribution in [0.5, 0.6) is 0 Å². The number of halogens is 3. The van der Waals surface area contributed by atoms with Crippen molar-refractivity contribution in [2.24, 2.45) is 4.99 Å². The van der Waals surface area contributed by atoms with E-state index in [4.69, 9.17) is 0 Å². The van der Waals surface area contributed by atoms with E-state index in [0.717, 1.165) is 0 Å². The SMILES string of the molecule is Cc1ccc(C(=O)NCC(F)(F)F)cc1NC(=O)C1=NC(C)C(=O)N(c2ccccc2)N1. The van der Waals surface area contributed by atoms with Gasteiger partial charge < -0.3 is 10.6 Å². The summed E-state index contributed by atoms with van der Waals surface area (Å²) < 4.78 is 37.0. The van der Waals surface area contributed by atoms with Gasteiger partial charge in [-0.15, -0.1) is 0 Å². The van der Waals surface area contributed by atoms with Gasteiger partial charge in [-0.25, -0.2) is 10.0 Å². The highest BCUT2D eigenvalue weighted by atomic mass is 19.4. The fourth-order valence-electron chi connectivity index (χ4n) is 2.87. The Morgan fingerprint density at radius 2 is 1.81 bits per heavy atom. The van der Waals surface area contributed by atoms with Crippen LogP contribution in [0.15, 0.2) is 53.5 Å². The Labute approximate surface area is 181 Å². The van der Waals surface area contributed by atoms with Crippen molar-refractivity contribution in [1.29, 1.82) is 0 Å². The number of alkyl halides is 3. The van der Waals surface area contributed by atoms with Crippen molar-refractivity contribution in [3.05, 3.63) is 59.7 Å². The van der Waals surface area contributed by atoms with Crippen molar-refractivity contribution in [2.45, 2.75) is 26.1 Å². The molecule has 1 atom stereocenters. The van der Waals surface area contributed by atoms with Crippen LogP contribution in [0.3, 0.4) is 0 Å². The summed E-state index contributed by atoms with van der Waals surface area (Å²) >= 11 is 0. The second-order valence-electron chi connectivity index (χ2n) is 7.06. The monoisotopic (exact) mass is 447 g/mol. The van der Waals surface area contributed by atoms with Gasteiger partial charge in [0.25, 0.3) is 17.7 Å². The molecule has 2 aromatic rings. The van der Waals surface area contributed by atoms with E-state index in [0.29, 0.717) is 11.3 Å². The maximum atomic E-state index is 12.8. The van der Waals surface area contributed by atoms with Gasteiger partial charge in [0.05, 0.1) is 5.69 Å². The summed E-state index contributed by atoms with van der Waals surface area (Å²) in [5, 5.41) is 5.57. The number of amidine groups is 1. The van der Waals surface area contributed by atoms with Gasteiger partial charge >= 0.3 is 6.18 Å². The van der Waals surface area contributed by atoms with Gasteiger partial charge in [-0.1, -0.05) is 24.3 Å². The van der Waals surface area contributed by atoms with Crippen molar-refractivity contribution in [1.82, 2.24) is 10.7 Å². The van der Waals surface area contributed by atoms with E-state index in [1.54, 1.807) is 49.5 Å². The number of hydrogen-bond acceptors (Lipinski definition) is 5. The van der Waals surface area contributed by atoms with Gasteiger partial charge in [-0.05, 0) is 43.7 Å². The largest absolute Gasteiger partial charge is 0.405 e. The fraction of sp³-hybridized carbons (Fsp3) is 0.238. The average molecular weight is 447 g/mol. The van der Waals surface area contributed by atoms with E-state index in [9.17, 15) is 27.6 Å². The third-order valence-electron chi connectivity index (χ3n) is 4.55. The van der Waals surface area contributed by atoms with Crippen LogP contribution in [0.25, 0.3) is 0 Å². The van der Waals surface area contributed by atoms with Gasteiger partial charge in [0, 0.05) is 11.3 Å². The molecule has 3 amide bonds. The Balaban J connectivity index is 1.77. The smallest absolute Gasteiger partial charge is 0.343 e. The van der Waals surface area contributed by atoms with Crippen LogP contribution in [0, 0.1) is 6.92 Å². The van der Waals surface area contributed by atoms with Crippen LogP contribution in [0.2, 0.25) is 0 Å². The first-order chi connectivity index (χ1) is 15.0. The lowest BCUT2D eigenvalue weighted by atomic mass is 10.1. The summed E-state index contributed by atoms with van der Waals surface area (Å²) in [5.74, 6) is -2.10. The minimum Gasteiger partial charge on any atom is -0.343 e. The summed E-state index contributed by atoms with van der Waals surface area (Å²) in [6.07, 6.45) is -4.54. The second-order valence-corrected chi connectivity index (χ2v) is 7.06. The van der Waals surface area contributed by atoms with Gasteiger partial charge in [0.1, 0.15) is 12.6 Å². The van der Waals surface area contributed by atoms with Crippen LogP contribution >= 0.6 is 0 Å². The quantitative estimate of drug-likeness (QED) is 0.656. The maximum Gasteiger partial charge on any atom is 0.405 e. The highest BCUT2D eigenvalue weighted by molar-refractivity contribution is 6.43. The predicted octanol–water partition coefficient (Wildman–Crippen LogP) is 2.56. The number of rotatable bonds is 5. The van der Waals surface area contributed by atoms with Crippen molar-refractivity contribution < 1.29 is 27.6 Å². The summed E-state index contributed by atoms with van der Waals surface area (Å²) in [4.78, 5) is 41.3. The standard InChI is InChI=1S/C21H20F3N5O3/c1-12-8-9-14(18(30)25-11-21(22,23)24)10-16(12)27-19(31)17-26-13(2)20(32)29(28-17)15-6-4-3-5-7-15/h3-10,13H,11H2,1-2H3,(H,25,30)(H,26,28)(H,27,31). The molecule has 1 unspecified atom stereocenters. The molecule has 0 fully saturated rings. The average Bonchev–Trinajstić information content (AvgIpc) is 2.75. The van der Waals surface area contributed by atoms with Crippen LogP contribution in [0.1, 0.15) is 22.8 Å². The van der Waals surface area contributed by atoms with Crippen molar-refractivity contribution >= 4 is 34.9 Å². The third-order valence-corrected chi connectivity index (χ3v) is 4.55. The predicted molar refractivity (Wildman–Crippen MR) is 112 cm³/mol. The molecular formula is C21H20F3N5O3. The number of benzene rings is 2. The van der Waals surface area contributed by atoms with Gasteiger partial charge in [-0.3, -0.25) is 19.8 Å². The van der Waals surface area contributed by atoms with E-state index in [-0.39, 0.29) is 23.0 Å². The molecule has 0 saturated carbocycles. The second kappa shape index (κ2) is 9.08. The van der Waals surface area contributed by atoms with E-state index in [1.165, 1.54) is 23.2 Å². The summed E-state index contributed by atoms with van der Waals surface area (Å²) in [5.41, 5.74) is 3.94. The zero-order chi connectivity index (χ0) is 23.5. The number of para-hydroxylation sites is 1. The molecule has 0 spiro atoms. The summed E-state index contributed by atoms with van der Waals surface area (Å²) in [6, 6.07) is 11.9. The number of carbonyl (C=O) groups excluding carboxylic acids is 3. The normalized spacial score (nSPS) is 16.2. The fourth-order valence-corrected chi connectivity index (χ4v) is 2.87. The lowest BCUT2D eigenvalue weighted by Gasteiger charge is -2.30. The Hall–Kier alpha value is -3.89. The molecule has 0 bridgehead atoms. The Kier molecular flexibility index (Phi) is 6.47. The van der Waals surface area contributed by atoms with Crippen LogP contribution < -0.4 is 21.1 Å². The molecule has 2 aromatic carbocycles. The zero-order valence-corrected chi connectivity index (χ0v) is 17.2. The van der Waals surface area contributed by atoms with Crippen molar-refractivity contribution in [2.75, 3.05) is 16.9 Å². The van der Waals surface area contributed by atoms with Gasteiger partial charge in [-0.2, -0.15) is 13.2 Å². The molecule has 1 heterocycles. The topological polar surface area (TPSA) is 103 Å². The highest BCUT2D eigenvalue weighted by Crippen LogP contribution is 2.20. The first-order valence-corrected chi connectivity index (χ1v) is 9.55. The highest BCUT2D eigenvalue weighted by Gasteiger charge is 2.31. The first-order valence-electron chi connectivity index (χ1n) is 9.55. The molecule has 0 saturated heterocycles. The van der Waals surface area contributed by atoms with Crippen LogP contribution in [-0.2, 0) is 9.59 Å². The lowest BCUT2D eigenvalue weighted by Crippen LogP contribution is -2.57. The Morgan fingerprint density at radius 1 is 1.12 bits per heavy atom. The minimum absolute atomic E-state index is 0.0526. The number of nitrogens with one attached hydrogen (secondary N) is 3. The zero-order valence-electron chi connectivity index (χ0n) is 17.2. The van der Waals surface area contributed by atoms with Crippen molar-refractivity contribution in [3.8, 4) is 0 Å². The lowest BCUT2D eigenvalue weighted by molar-refractivity contribution is -0.123. The summed E-state index contributed by atoms with van der Waals surface area (Å²) in [6.45, 7) is 1.73. The number of anilines is 2. The number of hydrazine groups is 1. The van der Waals surface area contributed by atoms with Gasteiger partial charge in [0.2, 0.25) is 5.84 Å².